The molecule has 0 aliphatic carbocycles. The second-order valence-corrected chi connectivity index (χ2v) is 11.4. The van der Waals surface area contributed by atoms with Crippen molar-refractivity contribution in [2.45, 2.75) is 25.2 Å². The van der Waals surface area contributed by atoms with Crippen molar-refractivity contribution in [3.05, 3.63) is 60.2 Å². The van der Waals surface area contributed by atoms with E-state index in [0.717, 1.165) is 5.39 Å². The van der Waals surface area contributed by atoms with E-state index in [9.17, 15) is 17.9 Å². The predicted octanol–water partition coefficient (Wildman–Crippen LogP) is 5.36. The molecule has 1 aliphatic heterocycles. The number of aryl methyl sites for hydroxylation is 1. The standard InChI is InChI=1S/C27H28FN7O4S/c1-3-14-40(37,38)21-8-6-19(7-9-21)33-34-23-17(2)15-18-4-5-20(16-22(18)24(23)36)29-26-30-25(28)31-27(32-26)35-10-12-39-13-11-35/h4-9,15-16,36H,3,10-14H2,1-2H3,(H,29,30,31,32). The average molecular weight is 566 g/mol. The van der Waals surface area contributed by atoms with Crippen molar-refractivity contribution in [1.82, 2.24) is 15.0 Å². The largest absolute Gasteiger partial charge is 0.505 e. The molecular weight excluding hydrogens is 537 g/mol. The Hall–Kier alpha value is -4.23. The summed E-state index contributed by atoms with van der Waals surface area (Å²) in [5, 5.41) is 23.8. The molecule has 13 heteroatoms. The van der Waals surface area contributed by atoms with E-state index in [2.05, 4.69) is 30.5 Å². The minimum Gasteiger partial charge on any atom is -0.505 e. The van der Waals surface area contributed by atoms with E-state index < -0.39 is 15.9 Å². The Kier molecular flexibility index (Phi) is 7.85. The third-order valence-corrected chi connectivity index (χ3v) is 8.29. The zero-order valence-corrected chi connectivity index (χ0v) is 22.8. The fourth-order valence-electron chi connectivity index (χ4n) is 4.35. The molecule has 1 fully saturated rings. The number of hydrogen-bond donors (Lipinski definition) is 2. The van der Waals surface area contributed by atoms with Crippen molar-refractivity contribution < 1.29 is 22.7 Å². The number of azo groups is 1. The van der Waals surface area contributed by atoms with Crippen molar-refractivity contribution in [3.8, 4) is 5.75 Å². The van der Waals surface area contributed by atoms with Crippen LogP contribution in [0.15, 0.2) is 63.7 Å². The van der Waals surface area contributed by atoms with Crippen LogP contribution in [0, 0.1) is 13.0 Å². The highest BCUT2D eigenvalue weighted by molar-refractivity contribution is 7.91. The van der Waals surface area contributed by atoms with Crippen molar-refractivity contribution >= 4 is 49.6 Å². The fraction of sp³-hybridized carbons (Fsp3) is 0.296. The summed E-state index contributed by atoms with van der Waals surface area (Å²) in [5.74, 6) is 0.243. The number of halogens is 1. The number of morpholine rings is 1. The van der Waals surface area contributed by atoms with Gasteiger partial charge in [0.25, 0.3) is 0 Å². The second-order valence-electron chi connectivity index (χ2n) is 9.29. The van der Waals surface area contributed by atoms with Crippen LogP contribution in [0.2, 0.25) is 0 Å². The number of phenolic OH excluding ortho intramolecular Hbond substituents is 1. The molecule has 0 saturated carbocycles. The van der Waals surface area contributed by atoms with Crippen molar-refractivity contribution in [2.24, 2.45) is 10.2 Å². The van der Waals surface area contributed by atoms with Gasteiger partial charge in [0.05, 0.1) is 29.5 Å². The lowest BCUT2D eigenvalue weighted by molar-refractivity contribution is 0.122. The number of phenols is 1. The monoisotopic (exact) mass is 565 g/mol. The summed E-state index contributed by atoms with van der Waals surface area (Å²) in [6, 6.07) is 13.3. The third kappa shape index (κ3) is 6.00. The molecular formula is C27H28FN7O4S. The highest BCUT2D eigenvalue weighted by atomic mass is 32.2. The van der Waals surface area contributed by atoms with Gasteiger partial charge in [-0.05, 0) is 66.8 Å². The molecule has 0 atom stereocenters. The first-order chi connectivity index (χ1) is 19.2. The number of nitrogens with zero attached hydrogens (tertiary/aromatic N) is 6. The van der Waals surface area contributed by atoms with Gasteiger partial charge in [0, 0.05) is 24.2 Å². The molecule has 1 aliphatic rings. The summed E-state index contributed by atoms with van der Waals surface area (Å²) >= 11 is 0. The van der Waals surface area contributed by atoms with Crippen molar-refractivity contribution in [2.75, 3.05) is 42.3 Å². The van der Waals surface area contributed by atoms with E-state index in [4.69, 9.17) is 4.74 Å². The smallest absolute Gasteiger partial charge is 0.315 e. The highest BCUT2D eigenvalue weighted by Gasteiger charge is 2.18. The van der Waals surface area contributed by atoms with E-state index in [-0.39, 0.29) is 34.0 Å². The minimum atomic E-state index is -3.33. The molecule has 1 aromatic heterocycles. The van der Waals surface area contributed by atoms with Crippen LogP contribution in [-0.4, -0.2) is 60.5 Å². The zero-order valence-electron chi connectivity index (χ0n) is 22.0. The highest BCUT2D eigenvalue weighted by Crippen LogP contribution is 2.40. The summed E-state index contributed by atoms with van der Waals surface area (Å²) in [6.45, 7) is 5.72. The number of aromatic nitrogens is 3. The maximum Gasteiger partial charge on any atom is 0.315 e. The molecule has 5 rings (SSSR count). The van der Waals surface area contributed by atoms with E-state index in [0.29, 0.717) is 55.0 Å². The molecule has 0 unspecified atom stereocenters. The Labute approximate surface area is 230 Å². The van der Waals surface area contributed by atoms with Gasteiger partial charge < -0.3 is 20.1 Å². The predicted molar refractivity (Wildman–Crippen MR) is 149 cm³/mol. The van der Waals surface area contributed by atoms with Crippen LogP contribution in [0.1, 0.15) is 18.9 Å². The van der Waals surface area contributed by atoms with Gasteiger partial charge in [0.1, 0.15) is 5.69 Å². The Morgan fingerprint density at radius 3 is 2.52 bits per heavy atom. The summed E-state index contributed by atoms with van der Waals surface area (Å²) in [7, 11) is -3.33. The van der Waals surface area contributed by atoms with Crippen LogP contribution in [0.4, 0.5) is 33.3 Å². The molecule has 208 valence electrons. The Balaban J connectivity index is 1.41. The first kappa shape index (κ1) is 27.3. The van der Waals surface area contributed by atoms with Gasteiger partial charge in [0.15, 0.2) is 15.6 Å². The molecule has 0 bridgehead atoms. The van der Waals surface area contributed by atoms with Crippen LogP contribution in [0.3, 0.4) is 0 Å². The molecule has 3 aromatic carbocycles. The second kappa shape index (κ2) is 11.5. The van der Waals surface area contributed by atoms with Crippen LogP contribution >= 0.6 is 0 Å². The number of nitrogens with one attached hydrogen (secondary N) is 1. The number of sulfone groups is 1. The van der Waals surface area contributed by atoms with E-state index >= 15 is 0 Å². The fourth-order valence-corrected chi connectivity index (χ4v) is 5.67. The number of fused-ring (bicyclic) bond motifs is 1. The quantitative estimate of drug-likeness (QED) is 0.270. The number of anilines is 3. The van der Waals surface area contributed by atoms with Gasteiger partial charge in [-0.25, -0.2) is 8.42 Å². The first-order valence-corrected chi connectivity index (χ1v) is 14.4. The molecule has 2 N–H and O–H groups in total. The summed E-state index contributed by atoms with van der Waals surface area (Å²) in [4.78, 5) is 14.0. The molecule has 4 aromatic rings. The normalized spacial score (nSPS) is 14.2. The SMILES string of the molecule is CCCS(=O)(=O)c1ccc(N=Nc2c(C)cc3ccc(Nc4nc(F)nc(N5CCOCC5)n4)cc3c2O)cc1. The maximum absolute atomic E-state index is 14.2. The summed E-state index contributed by atoms with van der Waals surface area (Å²) in [6.07, 6.45) is -0.374. The third-order valence-electron chi connectivity index (χ3n) is 6.36. The lowest BCUT2D eigenvalue weighted by Gasteiger charge is -2.26. The lowest BCUT2D eigenvalue weighted by Crippen LogP contribution is -2.37. The molecule has 0 amide bonds. The van der Waals surface area contributed by atoms with Crippen LogP contribution < -0.4 is 10.2 Å². The maximum atomic E-state index is 14.2. The minimum absolute atomic E-state index is 0.0317. The van der Waals surface area contributed by atoms with E-state index in [1.165, 1.54) is 12.1 Å². The van der Waals surface area contributed by atoms with Gasteiger partial charge in [-0.3, -0.25) is 0 Å². The molecule has 0 spiro atoms. The van der Waals surface area contributed by atoms with Gasteiger partial charge in [-0.2, -0.15) is 24.5 Å². The molecule has 1 saturated heterocycles. The summed E-state index contributed by atoms with van der Waals surface area (Å²) in [5.41, 5.74) is 1.94. The zero-order chi connectivity index (χ0) is 28.3. The summed E-state index contributed by atoms with van der Waals surface area (Å²) < 4.78 is 44.0. The topological polar surface area (TPSA) is 142 Å². The number of hydrogen-bond acceptors (Lipinski definition) is 11. The van der Waals surface area contributed by atoms with Crippen LogP contribution in [0.5, 0.6) is 5.75 Å². The number of ether oxygens (including phenoxy) is 1. The van der Waals surface area contributed by atoms with Gasteiger partial charge in [0.2, 0.25) is 11.9 Å². The number of rotatable bonds is 8. The Bertz CT molecular complexity index is 1680. The lowest BCUT2D eigenvalue weighted by atomic mass is 10.0. The van der Waals surface area contributed by atoms with Crippen LogP contribution in [-0.2, 0) is 14.6 Å². The van der Waals surface area contributed by atoms with Gasteiger partial charge in [-0.15, -0.1) is 5.11 Å². The average Bonchev–Trinajstić information content (AvgIpc) is 2.94. The van der Waals surface area contributed by atoms with Crippen molar-refractivity contribution in [1.29, 1.82) is 0 Å². The molecule has 0 radical (unpaired) electrons. The van der Waals surface area contributed by atoms with E-state index in [1.807, 2.05) is 17.9 Å². The van der Waals surface area contributed by atoms with E-state index in [1.54, 1.807) is 37.3 Å². The Morgan fingerprint density at radius 2 is 1.80 bits per heavy atom. The van der Waals surface area contributed by atoms with Gasteiger partial charge >= 0.3 is 6.08 Å². The molecule has 40 heavy (non-hydrogen) atoms. The van der Waals surface area contributed by atoms with Crippen LogP contribution in [0.25, 0.3) is 10.8 Å². The van der Waals surface area contributed by atoms with Gasteiger partial charge in [-0.1, -0.05) is 13.0 Å². The molecule has 2 heterocycles. The molecule has 11 nitrogen and oxygen atoms in total. The first-order valence-electron chi connectivity index (χ1n) is 12.8. The Morgan fingerprint density at radius 1 is 1.05 bits per heavy atom. The van der Waals surface area contributed by atoms with Crippen molar-refractivity contribution in [3.63, 3.8) is 0 Å². The number of aromatic hydroxyl groups is 1. The number of benzene rings is 3.